The predicted octanol–water partition coefficient (Wildman–Crippen LogP) is 2.87. The molecule has 0 aliphatic rings. The predicted molar refractivity (Wildman–Crippen MR) is 86.4 cm³/mol. The van der Waals surface area contributed by atoms with Gasteiger partial charge < -0.3 is 10.1 Å². The van der Waals surface area contributed by atoms with Crippen molar-refractivity contribution in [3.63, 3.8) is 0 Å². The first-order chi connectivity index (χ1) is 10.0. The van der Waals surface area contributed by atoms with Crippen molar-refractivity contribution < 1.29 is 14.3 Å². The van der Waals surface area contributed by atoms with Gasteiger partial charge in [-0.05, 0) is 11.5 Å². The summed E-state index contributed by atoms with van der Waals surface area (Å²) in [4.78, 5) is 23.3. The quantitative estimate of drug-likeness (QED) is 0.604. The van der Waals surface area contributed by atoms with Crippen molar-refractivity contribution >= 4 is 27.8 Å². The van der Waals surface area contributed by atoms with Gasteiger partial charge in [-0.1, -0.05) is 66.5 Å². The molecule has 0 aromatic heterocycles. The van der Waals surface area contributed by atoms with Crippen LogP contribution >= 0.6 is 15.9 Å². The van der Waals surface area contributed by atoms with E-state index in [0.29, 0.717) is 0 Å². The first-order valence-corrected chi connectivity index (χ1v) is 7.97. The van der Waals surface area contributed by atoms with Gasteiger partial charge in [0.25, 0.3) is 0 Å². The summed E-state index contributed by atoms with van der Waals surface area (Å²) in [7, 11) is 1.32. The SMILES string of the molecule is CCC(C)C(C(=O)NCC(Br)C(=O)OC)c1ccccc1. The van der Waals surface area contributed by atoms with Crippen LogP contribution < -0.4 is 5.32 Å². The zero-order valence-corrected chi connectivity index (χ0v) is 14.2. The minimum Gasteiger partial charge on any atom is -0.468 e. The third kappa shape index (κ3) is 5.16. The van der Waals surface area contributed by atoms with Gasteiger partial charge in [0.1, 0.15) is 4.83 Å². The molecule has 1 N–H and O–H groups in total. The molecule has 0 spiro atoms. The number of halogens is 1. The van der Waals surface area contributed by atoms with Crippen LogP contribution in [0.25, 0.3) is 0 Å². The Morgan fingerprint density at radius 3 is 2.43 bits per heavy atom. The highest BCUT2D eigenvalue weighted by molar-refractivity contribution is 9.10. The fourth-order valence-electron chi connectivity index (χ4n) is 2.15. The number of carbonyl (C=O) groups is 2. The van der Waals surface area contributed by atoms with Crippen LogP contribution in [-0.2, 0) is 14.3 Å². The number of nitrogens with one attached hydrogen (secondary N) is 1. The highest BCUT2D eigenvalue weighted by atomic mass is 79.9. The van der Waals surface area contributed by atoms with Crippen molar-refractivity contribution in [2.75, 3.05) is 13.7 Å². The van der Waals surface area contributed by atoms with E-state index in [2.05, 4.69) is 39.8 Å². The molecule has 0 saturated carbocycles. The number of benzene rings is 1. The maximum Gasteiger partial charge on any atom is 0.321 e. The summed E-state index contributed by atoms with van der Waals surface area (Å²) in [5.74, 6) is -0.452. The summed E-state index contributed by atoms with van der Waals surface area (Å²) in [6.07, 6.45) is 0.904. The summed E-state index contributed by atoms with van der Waals surface area (Å²) in [6, 6.07) is 9.71. The average molecular weight is 356 g/mol. The second kappa shape index (κ2) is 8.82. The lowest BCUT2D eigenvalue weighted by molar-refractivity contribution is -0.139. The first kappa shape index (κ1) is 17.7. The Balaban J connectivity index is 2.76. The van der Waals surface area contributed by atoms with Gasteiger partial charge in [-0.15, -0.1) is 0 Å². The molecule has 0 saturated heterocycles. The summed E-state index contributed by atoms with van der Waals surface area (Å²) < 4.78 is 4.62. The van der Waals surface area contributed by atoms with Gasteiger partial charge in [0, 0.05) is 6.54 Å². The summed E-state index contributed by atoms with van der Waals surface area (Å²) >= 11 is 3.20. The summed E-state index contributed by atoms with van der Waals surface area (Å²) in [6.45, 7) is 4.34. The van der Waals surface area contributed by atoms with E-state index in [1.54, 1.807) is 0 Å². The zero-order chi connectivity index (χ0) is 15.8. The molecule has 0 bridgehead atoms. The van der Waals surface area contributed by atoms with E-state index in [1.165, 1.54) is 7.11 Å². The van der Waals surface area contributed by atoms with Gasteiger partial charge in [0.05, 0.1) is 13.0 Å². The van der Waals surface area contributed by atoms with Crippen LogP contribution in [0.15, 0.2) is 30.3 Å². The Labute approximate surface area is 134 Å². The zero-order valence-electron chi connectivity index (χ0n) is 12.6. The molecule has 1 amide bonds. The van der Waals surface area contributed by atoms with Gasteiger partial charge in [-0.3, -0.25) is 9.59 Å². The Morgan fingerprint density at radius 1 is 1.29 bits per heavy atom. The number of ether oxygens (including phenoxy) is 1. The molecule has 4 nitrogen and oxygen atoms in total. The molecule has 0 aliphatic carbocycles. The van der Waals surface area contributed by atoms with Gasteiger partial charge in [-0.25, -0.2) is 0 Å². The number of esters is 1. The van der Waals surface area contributed by atoms with Gasteiger partial charge in [0.15, 0.2) is 0 Å². The molecule has 1 rings (SSSR count). The first-order valence-electron chi connectivity index (χ1n) is 7.05. The molecule has 5 heteroatoms. The molecule has 0 fully saturated rings. The van der Waals surface area contributed by atoms with Gasteiger partial charge in [-0.2, -0.15) is 0 Å². The topological polar surface area (TPSA) is 55.4 Å². The average Bonchev–Trinajstić information content (AvgIpc) is 2.52. The van der Waals surface area contributed by atoms with Gasteiger partial charge >= 0.3 is 5.97 Å². The molecule has 1 aromatic carbocycles. The van der Waals surface area contributed by atoms with E-state index in [4.69, 9.17) is 0 Å². The highest BCUT2D eigenvalue weighted by Gasteiger charge is 2.26. The van der Waals surface area contributed by atoms with Crippen molar-refractivity contribution in [3.05, 3.63) is 35.9 Å². The van der Waals surface area contributed by atoms with Crippen LogP contribution in [-0.4, -0.2) is 30.4 Å². The summed E-state index contributed by atoms with van der Waals surface area (Å²) in [5, 5.41) is 2.82. The number of hydrogen-bond donors (Lipinski definition) is 1. The van der Waals surface area contributed by atoms with Crippen molar-refractivity contribution in [1.29, 1.82) is 0 Å². The van der Waals surface area contributed by atoms with Crippen molar-refractivity contribution in [3.8, 4) is 0 Å². The standard InChI is InChI=1S/C16H22BrNO3/c1-4-11(2)14(12-8-6-5-7-9-12)15(19)18-10-13(17)16(20)21-3/h5-9,11,13-14H,4,10H2,1-3H3,(H,18,19). The van der Waals surface area contributed by atoms with E-state index >= 15 is 0 Å². The second-order valence-electron chi connectivity index (χ2n) is 5.01. The molecule has 116 valence electrons. The lowest BCUT2D eigenvalue weighted by Gasteiger charge is -2.23. The Morgan fingerprint density at radius 2 is 1.90 bits per heavy atom. The smallest absolute Gasteiger partial charge is 0.321 e. The third-order valence-corrected chi connectivity index (χ3v) is 4.26. The molecular weight excluding hydrogens is 334 g/mol. The van der Waals surface area contributed by atoms with E-state index in [0.717, 1.165) is 12.0 Å². The van der Waals surface area contributed by atoms with E-state index in [9.17, 15) is 9.59 Å². The van der Waals surface area contributed by atoms with Crippen LogP contribution in [0.5, 0.6) is 0 Å². The van der Waals surface area contributed by atoms with Crippen LogP contribution in [0, 0.1) is 5.92 Å². The van der Waals surface area contributed by atoms with E-state index < -0.39 is 10.8 Å². The lowest BCUT2D eigenvalue weighted by atomic mass is 9.85. The Bertz CT molecular complexity index is 464. The second-order valence-corrected chi connectivity index (χ2v) is 6.12. The third-order valence-electron chi connectivity index (χ3n) is 3.57. The number of methoxy groups -OCH3 is 1. The Hall–Kier alpha value is -1.36. The van der Waals surface area contributed by atoms with E-state index in [1.807, 2.05) is 30.3 Å². The maximum atomic E-state index is 12.5. The van der Waals surface area contributed by atoms with Crippen LogP contribution in [0.1, 0.15) is 31.7 Å². The van der Waals surface area contributed by atoms with Crippen LogP contribution in [0.3, 0.4) is 0 Å². The van der Waals surface area contributed by atoms with Crippen molar-refractivity contribution in [2.24, 2.45) is 5.92 Å². The van der Waals surface area contributed by atoms with Crippen LogP contribution in [0.2, 0.25) is 0 Å². The molecule has 3 atom stereocenters. The molecular formula is C16H22BrNO3. The van der Waals surface area contributed by atoms with Crippen molar-refractivity contribution in [1.82, 2.24) is 5.32 Å². The summed E-state index contributed by atoms with van der Waals surface area (Å²) in [5.41, 5.74) is 0.994. The monoisotopic (exact) mass is 355 g/mol. The minimum absolute atomic E-state index is 0.0658. The van der Waals surface area contributed by atoms with Crippen molar-refractivity contribution in [2.45, 2.75) is 31.0 Å². The number of amides is 1. The molecule has 3 unspecified atom stereocenters. The minimum atomic E-state index is -0.528. The highest BCUT2D eigenvalue weighted by Crippen LogP contribution is 2.27. The molecule has 0 aliphatic heterocycles. The number of rotatable bonds is 7. The molecule has 0 heterocycles. The Kier molecular flexibility index (Phi) is 7.43. The van der Waals surface area contributed by atoms with Gasteiger partial charge in [0.2, 0.25) is 5.91 Å². The lowest BCUT2D eigenvalue weighted by Crippen LogP contribution is -2.38. The largest absolute Gasteiger partial charge is 0.468 e. The molecule has 0 radical (unpaired) electrons. The maximum absolute atomic E-state index is 12.5. The van der Waals surface area contributed by atoms with E-state index in [-0.39, 0.29) is 24.3 Å². The number of hydrogen-bond acceptors (Lipinski definition) is 3. The fraction of sp³-hybridized carbons (Fsp3) is 0.500. The number of alkyl halides is 1. The molecule has 1 aromatic rings. The fourth-order valence-corrected chi connectivity index (χ4v) is 2.49. The normalized spacial score (nSPS) is 14.9. The van der Waals surface area contributed by atoms with Crippen LogP contribution in [0.4, 0.5) is 0 Å². The molecule has 21 heavy (non-hydrogen) atoms. The number of carbonyl (C=O) groups excluding carboxylic acids is 2.